The molecule has 0 saturated carbocycles. The molecule has 1 heterocycles. The molecule has 19 N–H and O–H groups in total. The zero-order valence-electron chi connectivity index (χ0n) is 50.1. The largest absolute Gasteiger partial charge is 0.391 e. The maximum absolute atomic E-state index is 14.6. The zero-order chi connectivity index (χ0) is 62.9. The highest BCUT2D eigenvalue weighted by Gasteiger charge is 2.38. The third kappa shape index (κ3) is 26.9. The van der Waals surface area contributed by atoms with E-state index in [0.717, 1.165) is 25.7 Å². The Kier molecular flexibility index (Phi) is 35.5. The summed E-state index contributed by atoms with van der Waals surface area (Å²) < 4.78 is 0. The second-order valence-electron chi connectivity index (χ2n) is 22.7. The van der Waals surface area contributed by atoms with E-state index in [0.29, 0.717) is 12.0 Å². The second-order valence-corrected chi connectivity index (χ2v) is 22.7. The first-order valence-electron chi connectivity index (χ1n) is 30.0. The smallest absolute Gasteiger partial charge is 0.245 e. The van der Waals surface area contributed by atoms with Crippen molar-refractivity contribution in [2.75, 3.05) is 39.3 Å². The summed E-state index contributed by atoms with van der Waals surface area (Å²) in [6.07, 6.45) is -0.310. The average molecular weight is 1190 g/mol. The number of amides is 7. The molecule has 1 aromatic rings. The van der Waals surface area contributed by atoms with E-state index in [1.165, 1.54) is 13.8 Å². The number of Topliss-reactive ketones (excluding diaryl/α,β-unsaturated/α-hetero) is 4. The molecule has 474 valence electrons. The maximum Gasteiger partial charge on any atom is 0.245 e. The highest BCUT2D eigenvalue weighted by atomic mass is 16.3. The number of rotatable bonds is 31. The van der Waals surface area contributed by atoms with E-state index in [1.807, 2.05) is 13.8 Å². The van der Waals surface area contributed by atoms with Crippen LogP contribution in [0.4, 0.5) is 0 Å². The van der Waals surface area contributed by atoms with Crippen molar-refractivity contribution in [3.63, 3.8) is 0 Å². The van der Waals surface area contributed by atoms with Gasteiger partial charge in [-0.15, -0.1) is 0 Å². The summed E-state index contributed by atoms with van der Waals surface area (Å²) in [7, 11) is 0. The molecule has 1 aromatic carbocycles. The molecule has 0 aromatic heterocycles. The quantitative estimate of drug-likeness (QED) is 0.0391. The van der Waals surface area contributed by atoms with Crippen LogP contribution in [0.3, 0.4) is 0 Å². The topological polar surface area (TPSA) is 443 Å². The fourth-order valence-corrected chi connectivity index (χ4v) is 10.1. The van der Waals surface area contributed by atoms with Crippen molar-refractivity contribution >= 4 is 64.5 Å². The van der Waals surface area contributed by atoms with Gasteiger partial charge in [0.25, 0.3) is 0 Å². The van der Waals surface area contributed by atoms with Gasteiger partial charge in [0, 0.05) is 62.3 Å². The second kappa shape index (κ2) is 40.3. The van der Waals surface area contributed by atoms with Crippen molar-refractivity contribution in [3.05, 3.63) is 35.9 Å². The van der Waals surface area contributed by atoms with E-state index >= 15 is 0 Å². The number of unbranched alkanes of at least 4 members (excludes halogenated alkanes) is 4. The first-order chi connectivity index (χ1) is 39.9. The van der Waals surface area contributed by atoms with Crippen molar-refractivity contribution in [1.82, 2.24) is 37.2 Å². The van der Waals surface area contributed by atoms with Crippen LogP contribution in [0, 0.1) is 29.6 Å². The van der Waals surface area contributed by atoms with E-state index < -0.39 is 163 Å². The summed E-state index contributed by atoms with van der Waals surface area (Å²) in [5.41, 5.74) is 30.2. The minimum Gasteiger partial charge on any atom is -0.391 e. The van der Waals surface area contributed by atoms with Crippen LogP contribution in [0.2, 0.25) is 0 Å². The highest BCUT2D eigenvalue weighted by molar-refractivity contribution is 5.99. The summed E-state index contributed by atoms with van der Waals surface area (Å²) >= 11 is 0. The minimum atomic E-state index is -1.62. The highest BCUT2D eigenvalue weighted by Crippen LogP contribution is 2.21. The molecule has 0 radical (unpaired) electrons. The van der Waals surface area contributed by atoms with Gasteiger partial charge in [0.05, 0.1) is 24.3 Å². The molecule has 0 unspecified atom stereocenters. The van der Waals surface area contributed by atoms with Crippen molar-refractivity contribution in [1.29, 1.82) is 0 Å². The van der Waals surface area contributed by atoms with E-state index in [2.05, 4.69) is 44.1 Å². The van der Waals surface area contributed by atoms with Crippen molar-refractivity contribution in [2.45, 2.75) is 199 Å². The summed E-state index contributed by atoms with van der Waals surface area (Å²) in [5, 5.41) is 40.1. The summed E-state index contributed by atoms with van der Waals surface area (Å²) in [5.74, 6) is -12.5. The Hall–Kier alpha value is -6.09. The molecule has 0 aliphatic carbocycles. The van der Waals surface area contributed by atoms with Gasteiger partial charge in [-0.2, -0.15) is 0 Å². The molecule has 1 aliphatic heterocycles. The molecule has 12 atom stereocenters. The molecule has 25 nitrogen and oxygen atoms in total. The van der Waals surface area contributed by atoms with Crippen molar-refractivity contribution in [3.8, 4) is 0 Å². The van der Waals surface area contributed by atoms with Gasteiger partial charge in [0.15, 0.2) is 17.3 Å². The SMILES string of the molecule is CCCCCCCC(=O)C[C@@H](CCN)C(=O)N[C@H](C(=O)C[C@@H](CCN)C(=O)N[C@H]1CCNC(=O)[C@H]([C@@H](C)O)NC(=O)[C@H](CCN)CC(=O)[C@H](CCN)NC(=O)[C@H](CC(C)C)NC(=O)[C@@H](Cc2ccccc2)CC(=O)[C@H](CCN)NC1=O)[C@@H](C)O. The number of aliphatic hydroxyl groups excluding tert-OH is 2. The third-order valence-corrected chi connectivity index (χ3v) is 14.9. The normalized spacial score (nSPS) is 22.9. The summed E-state index contributed by atoms with van der Waals surface area (Å²) in [4.78, 5) is 155. The number of ketones is 4. The van der Waals surface area contributed by atoms with Crippen LogP contribution in [-0.2, 0) is 59.2 Å². The molecule has 0 spiro atoms. The van der Waals surface area contributed by atoms with Crippen LogP contribution in [-0.4, -0.2) is 162 Å². The van der Waals surface area contributed by atoms with Crippen LogP contribution in [0.25, 0.3) is 0 Å². The van der Waals surface area contributed by atoms with Crippen LogP contribution in [0.1, 0.15) is 149 Å². The van der Waals surface area contributed by atoms with Gasteiger partial charge < -0.3 is 76.1 Å². The van der Waals surface area contributed by atoms with E-state index in [9.17, 15) is 63.0 Å². The Balaban J connectivity index is 2.68. The molecular formula is C59H100N12O13. The Morgan fingerprint density at radius 1 is 0.619 bits per heavy atom. The fraction of sp³-hybridized carbons (Fsp3) is 0.712. The number of aliphatic hydroxyl groups is 2. The number of hydrogen-bond acceptors (Lipinski definition) is 18. The fourth-order valence-electron chi connectivity index (χ4n) is 10.1. The van der Waals surface area contributed by atoms with E-state index in [4.69, 9.17) is 28.7 Å². The van der Waals surface area contributed by atoms with Gasteiger partial charge in [-0.3, -0.25) is 52.7 Å². The van der Waals surface area contributed by atoms with Gasteiger partial charge >= 0.3 is 0 Å². The number of nitrogens with one attached hydrogen (secondary N) is 7. The third-order valence-electron chi connectivity index (χ3n) is 14.9. The van der Waals surface area contributed by atoms with Crippen molar-refractivity contribution < 1.29 is 63.0 Å². The van der Waals surface area contributed by atoms with Gasteiger partial charge in [-0.1, -0.05) is 76.8 Å². The molecule has 7 amide bonds. The van der Waals surface area contributed by atoms with Crippen LogP contribution >= 0.6 is 0 Å². The Morgan fingerprint density at radius 2 is 1.17 bits per heavy atom. The van der Waals surface area contributed by atoms with Crippen LogP contribution in [0.5, 0.6) is 0 Å². The zero-order valence-corrected chi connectivity index (χ0v) is 50.1. The van der Waals surface area contributed by atoms with Gasteiger partial charge in [-0.05, 0) is 116 Å². The van der Waals surface area contributed by atoms with Gasteiger partial charge in [0.2, 0.25) is 41.4 Å². The first kappa shape index (κ1) is 74.0. The lowest BCUT2D eigenvalue weighted by Gasteiger charge is -2.28. The predicted octanol–water partition coefficient (Wildman–Crippen LogP) is -1.13. The lowest BCUT2D eigenvalue weighted by atomic mass is 9.89. The molecule has 1 aliphatic rings. The Bertz CT molecular complexity index is 2270. The predicted molar refractivity (Wildman–Crippen MR) is 316 cm³/mol. The first-order valence-corrected chi connectivity index (χ1v) is 30.0. The standard InChI is InChI=1S/C59H100N12O13/c1-6-7-8-9-13-16-43(74)31-39(17-23-60)54(79)70-51(36(4)72)50(77)33-41(19-25-62)53(78)68-46-22-28-65-59(84)52(37(5)73)71-55(80)40(18-24-61)32-48(75)44(20-26-63)67-58(83)47(29-35(2)3)69-56(81)42(30-38-14-11-10-12-15-38)34-49(76)45(21-27-64)66-57(46)82/h10-12,14-15,35-37,39-42,44-47,51-52,72-73H,6-9,13,16-34,60-64H2,1-5H3,(H,65,84)(H,66,82)(H,67,83)(H,68,78)(H,69,81)(H,70,79)(H,71,80)/t36-,37-,39-,40-,41-,42+,44+,45+,46+,47+,51+,52+/m1/s1. The van der Waals surface area contributed by atoms with Crippen molar-refractivity contribution in [2.24, 2.45) is 58.3 Å². The molecule has 25 heteroatoms. The number of hydrogen-bond donors (Lipinski definition) is 14. The number of nitrogens with two attached hydrogens (primary N) is 5. The van der Waals surface area contributed by atoms with Gasteiger partial charge in [-0.25, -0.2) is 0 Å². The minimum absolute atomic E-state index is 0.0104. The van der Waals surface area contributed by atoms with Crippen LogP contribution < -0.4 is 65.9 Å². The number of carbonyl (C=O) groups excluding carboxylic acids is 11. The van der Waals surface area contributed by atoms with Crippen LogP contribution in [0.15, 0.2) is 30.3 Å². The molecule has 1 fully saturated rings. The number of carbonyl (C=O) groups is 11. The summed E-state index contributed by atoms with van der Waals surface area (Å²) in [6, 6.07) is 0.221. The monoisotopic (exact) mass is 1180 g/mol. The van der Waals surface area contributed by atoms with Gasteiger partial charge in [0.1, 0.15) is 30.0 Å². The Morgan fingerprint density at radius 3 is 1.71 bits per heavy atom. The molecule has 1 saturated heterocycles. The maximum atomic E-state index is 14.6. The average Bonchev–Trinajstić information content (AvgIpc) is 3.44. The molecular weight excluding hydrogens is 1080 g/mol. The molecule has 84 heavy (non-hydrogen) atoms. The lowest BCUT2D eigenvalue weighted by Crippen LogP contribution is -2.56. The molecule has 2 rings (SSSR count). The van der Waals surface area contributed by atoms with E-state index in [-0.39, 0.29) is 102 Å². The Labute approximate surface area is 495 Å². The van der Waals surface area contributed by atoms with E-state index in [1.54, 1.807) is 30.3 Å². The number of benzene rings is 1. The summed E-state index contributed by atoms with van der Waals surface area (Å²) in [6.45, 7) is 7.48. The molecule has 0 bridgehead atoms. The lowest BCUT2D eigenvalue weighted by molar-refractivity contribution is -0.137.